The molecule has 0 amide bonds. The Morgan fingerprint density at radius 3 is 1.91 bits per heavy atom. The molecule has 0 bridgehead atoms. The van der Waals surface area contributed by atoms with Crippen LogP contribution >= 0.6 is 0 Å². The molecule has 8 nitrogen and oxygen atoms in total. The average molecular weight is 308 g/mol. The molecule has 0 unspecified atom stereocenters. The van der Waals surface area contributed by atoms with E-state index in [0.717, 1.165) is 6.92 Å². The smallest absolute Gasteiger partial charge is 0.346 e. The first kappa shape index (κ1) is 17.0. The Kier molecular flexibility index (Phi) is 5.94. The summed E-state index contributed by atoms with van der Waals surface area (Å²) in [7, 11) is 0. The van der Waals surface area contributed by atoms with Crippen LogP contribution in [0.2, 0.25) is 0 Å². The number of esters is 4. The van der Waals surface area contributed by atoms with Crippen LogP contribution in [-0.2, 0) is 23.9 Å². The van der Waals surface area contributed by atoms with Crippen molar-refractivity contribution in [1.82, 2.24) is 0 Å². The number of hydrogen-bond acceptors (Lipinski definition) is 7. The van der Waals surface area contributed by atoms with E-state index < -0.39 is 42.7 Å². The minimum absolute atomic E-state index is 0.283. The van der Waals surface area contributed by atoms with E-state index in [-0.39, 0.29) is 11.1 Å². The van der Waals surface area contributed by atoms with E-state index >= 15 is 0 Å². The van der Waals surface area contributed by atoms with Crippen molar-refractivity contribution in [1.29, 1.82) is 0 Å². The number of rotatable bonds is 5. The number of carbonyl (C=O) groups excluding carboxylic acids is 4. The molecule has 8 heteroatoms. The first-order valence-electron chi connectivity index (χ1n) is 6.10. The van der Waals surface area contributed by atoms with Gasteiger partial charge in [0.05, 0.1) is 24.0 Å². The topological polar surface area (TPSA) is 124 Å². The molecule has 116 valence electrons. The first-order chi connectivity index (χ1) is 10.3. The Labute approximate surface area is 124 Å². The van der Waals surface area contributed by atoms with Crippen molar-refractivity contribution in [3.8, 4) is 0 Å². The van der Waals surface area contributed by atoms with Crippen LogP contribution in [0.15, 0.2) is 24.3 Å². The Hall–Kier alpha value is -3.03. The van der Waals surface area contributed by atoms with Crippen LogP contribution in [0.25, 0.3) is 0 Å². The van der Waals surface area contributed by atoms with Crippen LogP contribution in [-0.4, -0.2) is 35.0 Å². The third-order valence-corrected chi connectivity index (χ3v) is 2.37. The molecule has 0 saturated carbocycles. The first-order valence-corrected chi connectivity index (χ1v) is 6.10. The minimum Gasteiger partial charge on any atom is -0.478 e. The van der Waals surface area contributed by atoms with Gasteiger partial charge in [0.2, 0.25) is 0 Å². The maximum atomic E-state index is 11.7. The lowest BCUT2D eigenvalue weighted by molar-refractivity contribution is -0.159. The molecular formula is C14H12O8. The number of carboxylic acid groups (broad SMARTS) is 1. The van der Waals surface area contributed by atoms with Crippen LogP contribution in [0.3, 0.4) is 0 Å². The van der Waals surface area contributed by atoms with Gasteiger partial charge in [-0.3, -0.25) is 14.4 Å². The standard InChI is InChI=1S/C14H12O8/c1-8(15)21-11(16)6-7-12(17)22-14(20)10-5-3-2-4-9(10)13(18)19/h2-5H,6-7H2,1H3,(H,18,19). The number of aromatic carboxylic acids is 1. The molecule has 1 aromatic carbocycles. The monoisotopic (exact) mass is 308 g/mol. The third-order valence-electron chi connectivity index (χ3n) is 2.37. The predicted molar refractivity (Wildman–Crippen MR) is 69.8 cm³/mol. The summed E-state index contributed by atoms with van der Waals surface area (Å²) in [5.41, 5.74) is -0.592. The van der Waals surface area contributed by atoms with Gasteiger partial charge < -0.3 is 14.6 Å². The number of ether oxygens (including phenoxy) is 2. The second-order valence-corrected chi connectivity index (χ2v) is 4.08. The van der Waals surface area contributed by atoms with Gasteiger partial charge in [-0.2, -0.15) is 0 Å². The summed E-state index contributed by atoms with van der Waals surface area (Å²) >= 11 is 0. The second-order valence-electron chi connectivity index (χ2n) is 4.08. The largest absolute Gasteiger partial charge is 0.478 e. The van der Waals surface area contributed by atoms with E-state index in [1.165, 1.54) is 24.3 Å². The van der Waals surface area contributed by atoms with Gasteiger partial charge in [0, 0.05) is 6.92 Å². The Morgan fingerprint density at radius 1 is 0.909 bits per heavy atom. The normalized spacial score (nSPS) is 9.68. The number of carboxylic acids is 1. The van der Waals surface area contributed by atoms with Crippen LogP contribution in [0.1, 0.15) is 40.5 Å². The van der Waals surface area contributed by atoms with E-state index in [0.29, 0.717) is 0 Å². The highest BCUT2D eigenvalue weighted by atomic mass is 16.6. The van der Waals surface area contributed by atoms with Gasteiger partial charge in [-0.05, 0) is 12.1 Å². The van der Waals surface area contributed by atoms with Crippen LogP contribution in [0, 0.1) is 0 Å². The average Bonchev–Trinajstić information content (AvgIpc) is 2.44. The van der Waals surface area contributed by atoms with E-state index in [9.17, 15) is 24.0 Å². The van der Waals surface area contributed by atoms with Crippen LogP contribution < -0.4 is 0 Å². The lowest BCUT2D eigenvalue weighted by Crippen LogP contribution is -2.17. The Bertz CT molecular complexity index is 631. The lowest BCUT2D eigenvalue weighted by Gasteiger charge is -2.05. The van der Waals surface area contributed by atoms with Gasteiger partial charge in [-0.1, -0.05) is 12.1 Å². The number of carbonyl (C=O) groups is 5. The van der Waals surface area contributed by atoms with Crippen molar-refractivity contribution < 1.29 is 38.6 Å². The molecule has 0 heterocycles. The number of hydrogen-bond donors (Lipinski definition) is 1. The fraction of sp³-hybridized carbons (Fsp3) is 0.214. The second kappa shape index (κ2) is 7.67. The van der Waals surface area contributed by atoms with E-state index in [1.807, 2.05) is 0 Å². The molecule has 0 saturated heterocycles. The molecule has 22 heavy (non-hydrogen) atoms. The Morgan fingerprint density at radius 2 is 1.41 bits per heavy atom. The summed E-state index contributed by atoms with van der Waals surface area (Å²) < 4.78 is 8.64. The molecule has 1 aromatic rings. The van der Waals surface area contributed by atoms with Crippen molar-refractivity contribution in [3.63, 3.8) is 0 Å². The maximum Gasteiger partial charge on any atom is 0.346 e. The summed E-state index contributed by atoms with van der Waals surface area (Å²) in [6.45, 7) is 1.03. The molecule has 0 atom stereocenters. The molecule has 0 aromatic heterocycles. The SMILES string of the molecule is CC(=O)OC(=O)CCC(=O)OC(=O)c1ccccc1C(=O)O. The van der Waals surface area contributed by atoms with Crippen molar-refractivity contribution >= 4 is 29.8 Å². The van der Waals surface area contributed by atoms with Gasteiger partial charge in [0.25, 0.3) is 0 Å². The zero-order valence-electron chi connectivity index (χ0n) is 11.5. The summed E-state index contributed by atoms with van der Waals surface area (Å²) in [5, 5.41) is 8.92. The van der Waals surface area contributed by atoms with E-state index in [1.54, 1.807) is 0 Å². The van der Waals surface area contributed by atoms with Crippen LogP contribution in [0.5, 0.6) is 0 Å². The van der Waals surface area contributed by atoms with Crippen LogP contribution in [0.4, 0.5) is 0 Å². The molecule has 0 aliphatic heterocycles. The zero-order valence-corrected chi connectivity index (χ0v) is 11.5. The van der Waals surface area contributed by atoms with Crippen molar-refractivity contribution in [2.24, 2.45) is 0 Å². The van der Waals surface area contributed by atoms with Gasteiger partial charge in [0.1, 0.15) is 0 Å². The fourth-order valence-electron chi connectivity index (χ4n) is 1.47. The third kappa shape index (κ3) is 5.16. The summed E-state index contributed by atoms with van der Waals surface area (Å²) in [6.07, 6.45) is -0.917. The van der Waals surface area contributed by atoms with Crippen molar-refractivity contribution in [2.45, 2.75) is 19.8 Å². The fourth-order valence-corrected chi connectivity index (χ4v) is 1.47. The summed E-state index contributed by atoms with van der Waals surface area (Å²) in [5.74, 6) is -5.26. The number of benzene rings is 1. The van der Waals surface area contributed by atoms with Gasteiger partial charge >= 0.3 is 29.8 Å². The molecule has 1 rings (SSSR count). The van der Waals surface area contributed by atoms with Crippen molar-refractivity contribution in [3.05, 3.63) is 35.4 Å². The summed E-state index contributed by atoms with van der Waals surface area (Å²) in [4.78, 5) is 55.6. The molecule has 0 spiro atoms. The highest BCUT2D eigenvalue weighted by Gasteiger charge is 2.20. The minimum atomic E-state index is -1.34. The van der Waals surface area contributed by atoms with E-state index in [4.69, 9.17) is 5.11 Å². The Balaban J connectivity index is 2.62. The quantitative estimate of drug-likeness (QED) is 0.629. The zero-order chi connectivity index (χ0) is 16.7. The predicted octanol–water partition coefficient (Wildman–Crippen LogP) is 0.938. The maximum absolute atomic E-state index is 11.7. The molecular weight excluding hydrogens is 296 g/mol. The van der Waals surface area contributed by atoms with Gasteiger partial charge in [0.15, 0.2) is 0 Å². The van der Waals surface area contributed by atoms with Crippen molar-refractivity contribution in [2.75, 3.05) is 0 Å². The van der Waals surface area contributed by atoms with Gasteiger partial charge in [-0.15, -0.1) is 0 Å². The lowest BCUT2D eigenvalue weighted by atomic mass is 10.1. The molecule has 0 fully saturated rings. The highest BCUT2D eigenvalue weighted by molar-refractivity contribution is 6.05. The summed E-state index contributed by atoms with van der Waals surface area (Å²) in [6, 6.07) is 5.22. The molecule has 0 aliphatic carbocycles. The van der Waals surface area contributed by atoms with Gasteiger partial charge in [-0.25, -0.2) is 9.59 Å². The molecule has 0 radical (unpaired) electrons. The van der Waals surface area contributed by atoms with E-state index in [2.05, 4.69) is 9.47 Å². The molecule has 1 N–H and O–H groups in total. The molecule has 0 aliphatic rings. The highest BCUT2D eigenvalue weighted by Crippen LogP contribution is 2.11.